The quantitative estimate of drug-likeness (QED) is 0.651. The van der Waals surface area contributed by atoms with Crippen LogP contribution >= 0.6 is 11.3 Å². The maximum absolute atomic E-state index is 13.9. The lowest BCUT2D eigenvalue weighted by molar-refractivity contribution is -0.114. The van der Waals surface area contributed by atoms with Crippen LogP contribution in [0.2, 0.25) is 0 Å². The van der Waals surface area contributed by atoms with Crippen LogP contribution in [0.15, 0.2) is 30.5 Å². The molecule has 0 unspecified atom stereocenters. The van der Waals surface area contributed by atoms with Crippen LogP contribution in [0.1, 0.15) is 46.1 Å². The Labute approximate surface area is 165 Å². The van der Waals surface area contributed by atoms with Crippen molar-refractivity contribution in [1.82, 2.24) is 4.98 Å². The van der Waals surface area contributed by atoms with Crippen LogP contribution in [0.5, 0.6) is 0 Å². The van der Waals surface area contributed by atoms with Crippen molar-refractivity contribution in [3.63, 3.8) is 0 Å². The van der Waals surface area contributed by atoms with Gasteiger partial charge < -0.3 is 10.1 Å². The third-order valence-electron chi connectivity index (χ3n) is 4.77. The normalized spacial score (nSPS) is 13.2. The number of nitrogens with one attached hydrogen (secondary N) is 1. The molecule has 7 heteroatoms. The minimum absolute atomic E-state index is 0.0890. The summed E-state index contributed by atoms with van der Waals surface area (Å²) in [7, 11) is 0. The van der Waals surface area contributed by atoms with Gasteiger partial charge in [-0.3, -0.25) is 9.78 Å². The number of rotatable bonds is 4. The number of aromatic nitrogens is 1. The monoisotopic (exact) mass is 398 g/mol. The molecule has 1 aromatic carbocycles. The second kappa shape index (κ2) is 7.67. The molecule has 28 heavy (non-hydrogen) atoms. The Bertz CT molecular complexity index is 1080. The van der Waals surface area contributed by atoms with Gasteiger partial charge >= 0.3 is 5.97 Å². The van der Waals surface area contributed by atoms with Crippen molar-refractivity contribution < 1.29 is 18.7 Å². The van der Waals surface area contributed by atoms with Crippen LogP contribution in [0.25, 0.3) is 10.9 Å². The van der Waals surface area contributed by atoms with Crippen LogP contribution in [-0.4, -0.2) is 16.9 Å². The second-order valence-corrected chi connectivity index (χ2v) is 7.92. The molecular formula is C21H19FN2O3S. The highest BCUT2D eigenvalue weighted by Crippen LogP contribution is 2.38. The number of esters is 1. The summed E-state index contributed by atoms with van der Waals surface area (Å²) in [4.78, 5) is 29.9. The molecule has 2 heterocycles. The molecule has 1 aliphatic rings. The van der Waals surface area contributed by atoms with Crippen LogP contribution < -0.4 is 5.32 Å². The molecule has 0 fully saturated rings. The number of amides is 1. The first kappa shape index (κ1) is 18.6. The van der Waals surface area contributed by atoms with Gasteiger partial charge in [-0.15, -0.1) is 11.3 Å². The van der Waals surface area contributed by atoms with Crippen molar-refractivity contribution >= 4 is 39.1 Å². The van der Waals surface area contributed by atoms with E-state index in [1.54, 1.807) is 18.3 Å². The molecule has 0 spiro atoms. The zero-order chi connectivity index (χ0) is 19.7. The van der Waals surface area contributed by atoms with E-state index in [2.05, 4.69) is 10.3 Å². The van der Waals surface area contributed by atoms with Gasteiger partial charge in [0.2, 0.25) is 5.91 Å². The summed E-state index contributed by atoms with van der Waals surface area (Å²) < 4.78 is 19.4. The van der Waals surface area contributed by atoms with Crippen molar-refractivity contribution in [3.05, 3.63) is 57.8 Å². The Morgan fingerprint density at radius 3 is 2.93 bits per heavy atom. The molecule has 144 valence electrons. The van der Waals surface area contributed by atoms with Gasteiger partial charge in [0.1, 0.15) is 17.4 Å². The van der Waals surface area contributed by atoms with Gasteiger partial charge in [0.05, 0.1) is 11.1 Å². The van der Waals surface area contributed by atoms with Gasteiger partial charge in [0.15, 0.2) is 0 Å². The Kier molecular flexibility index (Phi) is 5.09. The molecule has 1 aliphatic carbocycles. The number of fused-ring (bicyclic) bond motifs is 2. The van der Waals surface area contributed by atoms with Gasteiger partial charge in [-0.25, -0.2) is 9.18 Å². The average Bonchev–Trinajstić information content (AvgIpc) is 3.02. The Balaban J connectivity index is 1.63. The minimum Gasteiger partial charge on any atom is -0.457 e. The number of anilines is 1. The lowest BCUT2D eigenvalue weighted by Crippen LogP contribution is -2.13. The highest BCUT2D eigenvalue weighted by atomic mass is 32.1. The number of halogens is 1. The van der Waals surface area contributed by atoms with Crippen molar-refractivity contribution in [3.8, 4) is 0 Å². The molecule has 3 aromatic rings. The van der Waals surface area contributed by atoms with E-state index in [0.717, 1.165) is 36.1 Å². The number of hydrogen-bond acceptors (Lipinski definition) is 5. The zero-order valence-electron chi connectivity index (χ0n) is 15.4. The third kappa shape index (κ3) is 3.62. The predicted molar refractivity (Wildman–Crippen MR) is 106 cm³/mol. The topological polar surface area (TPSA) is 68.3 Å². The molecule has 0 atom stereocenters. The van der Waals surface area contributed by atoms with Crippen molar-refractivity contribution in [2.24, 2.45) is 0 Å². The van der Waals surface area contributed by atoms with Crippen LogP contribution in [-0.2, 0) is 29.0 Å². The van der Waals surface area contributed by atoms with Crippen molar-refractivity contribution in [2.45, 2.75) is 39.2 Å². The van der Waals surface area contributed by atoms with E-state index in [0.29, 0.717) is 27.0 Å². The van der Waals surface area contributed by atoms with Gasteiger partial charge in [-0.2, -0.15) is 0 Å². The standard InChI is InChI=1S/C21H19FN2O3S/c1-12(25)24-20-18(16-6-2-3-7-17(16)28-20)21(26)27-11-14-10-15(22)9-13-5-4-8-23-19(13)14/h4-5,8-10H,2-3,6-7,11H2,1H3,(H,24,25). The number of carbonyl (C=O) groups excluding carboxylic acids is 2. The van der Waals surface area contributed by atoms with E-state index >= 15 is 0 Å². The summed E-state index contributed by atoms with van der Waals surface area (Å²) in [5.74, 6) is -1.14. The predicted octanol–water partition coefficient (Wildman–Crippen LogP) is 4.63. The summed E-state index contributed by atoms with van der Waals surface area (Å²) in [6, 6.07) is 6.23. The van der Waals surface area contributed by atoms with E-state index in [9.17, 15) is 14.0 Å². The fraction of sp³-hybridized carbons (Fsp3) is 0.286. The summed E-state index contributed by atoms with van der Waals surface area (Å²) in [5, 5.41) is 3.94. The number of thiophene rings is 1. The molecule has 0 saturated heterocycles. The molecule has 4 rings (SSSR count). The van der Waals surface area contributed by atoms with Crippen LogP contribution in [0.3, 0.4) is 0 Å². The van der Waals surface area contributed by atoms with Gasteiger partial charge in [0, 0.05) is 28.9 Å². The summed E-state index contributed by atoms with van der Waals surface area (Å²) in [6.07, 6.45) is 5.39. The lowest BCUT2D eigenvalue weighted by Gasteiger charge is -2.13. The number of carbonyl (C=O) groups is 2. The molecule has 1 N–H and O–H groups in total. The maximum Gasteiger partial charge on any atom is 0.341 e. The van der Waals surface area contributed by atoms with E-state index in [4.69, 9.17) is 4.74 Å². The number of benzene rings is 1. The molecule has 0 radical (unpaired) electrons. The third-order valence-corrected chi connectivity index (χ3v) is 5.98. The SMILES string of the molecule is CC(=O)Nc1sc2c(c1C(=O)OCc1cc(F)cc3cccnc13)CCCC2. The van der Waals surface area contributed by atoms with Gasteiger partial charge in [-0.05, 0) is 49.4 Å². The first-order valence-corrected chi connectivity index (χ1v) is 9.97. The molecule has 1 amide bonds. The first-order valence-electron chi connectivity index (χ1n) is 9.15. The van der Waals surface area contributed by atoms with Gasteiger partial charge in [0.25, 0.3) is 0 Å². The number of pyridine rings is 1. The van der Waals surface area contributed by atoms with E-state index in [1.807, 2.05) is 0 Å². The highest BCUT2D eigenvalue weighted by molar-refractivity contribution is 7.17. The smallest absolute Gasteiger partial charge is 0.341 e. The summed E-state index contributed by atoms with van der Waals surface area (Å²) >= 11 is 1.44. The van der Waals surface area contributed by atoms with Crippen molar-refractivity contribution in [1.29, 1.82) is 0 Å². The fourth-order valence-corrected chi connectivity index (χ4v) is 4.91. The molecule has 0 saturated carbocycles. The minimum atomic E-state index is -0.503. The largest absolute Gasteiger partial charge is 0.457 e. The molecule has 2 aromatic heterocycles. The highest BCUT2D eigenvalue weighted by Gasteiger charge is 2.27. The summed E-state index contributed by atoms with van der Waals surface area (Å²) in [6.45, 7) is 1.33. The Hall–Kier alpha value is -2.80. The van der Waals surface area contributed by atoms with E-state index in [1.165, 1.54) is 30.4 Å². The lowest BCUT2D eigenvalue weighted by atomic mass is 9.95. The van der Waals surface area contributed by atoms with E-state index < -0.39 is 11.8 Å². The number of hydrogen-bond donors (Lipinski definition) is 1. The molecular weight excluding hydrogens is 379 g/mol. The number of aryl methyl sites for hydroxylation is 1. The molecule has 5 nitrogen and oxygen atoms in total. The average molecular weight is 398 g/mol. The fourth-order valence-electron chi connectivity index (χ4n) is 3.58. The Morgan fingerprint density at radius 1 is 1.29 bits per heavy atom. The van der Waals surface area contributed by atoms with Crippen molar-refractivity contribution in [2.75, 3.05) is 5.32 Å². The molecule has 0 bridgehead atoms. The number of ether oxygens (including phenoxy) is 1. The maximum atomic E-state index is 13.9. The van der Waals surface area contributed by atoms with E-state index in [-0.39, 0.29) is 12.5 Å². The molecule has 0 aliphatic heterocycles. The van der Waals surface area contributed by atoms with Crippen LogP contribution in [0.4, 0.5) is 9.39 Å². The zero-order valence-corrected chi connectivity index (χ0v) is 16.2. The van der Waals surface area contributed by atoms with Crippen LogP contribution in [0, 0.1) is 5.82 Å². The first-order chi connectivity index (χ1) is 13.5. The second-order valence-electron chi connectivity index (χ2n) is 6.81. The van der Waals surface area contributed by atoms with Gasteiger partial charge in [-0.1, -0.05) is 6.07 Å². The Morgan fingerprint density at radius 2 is 2.11 bits per heavy atom. The number of nitrogens with zero attached hydrogens (tertiary/aromatic N) is 1. The summed E-state index contributed by atoms with van der Waals surface area (Å²) in [5.41, 5.74) is 2.51.